The molecular formula is C20H21Cl2N5O. The third kappa shape index (κ3) is 4.64. The molecule has 0 aliphatic heterocycles. The first-order valence-corrected chi connectivity index (χ1v) is 9.62. The SMILES string of the molecule is CCn1cc(C=CC(=O)Nc2c(C)nn(Cc3ccc(Cl)c(Cl)c3)c2C)cn1. The van der Waals surface area contributed by atoms with E-state index in [-0.39, 0.29) is 5.91 Å². The molecule has 6 nitrogen and oxygen atoms in total. The van der Waals surface area contributed by atoms with Crippen molar-refractivity contribution in [1.29, 1.82) is 0 Å². The molecule has 28 heavy (non-hydrogen) atoms. The minimum Gasteiger partial charge on any atom is -0.319 e. The summed E-state index contributed by atoms with van der Waals surface area (Å²) in [5.41, 5.74) is 4.17. The lowest BCUT2D eigenvalue weighted by Crippen LogP contribution is -2.10. The van der Waals surface area contributed by atoms with Crippen LogP contribution in [0.15, 0.2) is 36.7 Å². The van der Waals surface area contributed by atoms with E-state index in [2.05, 4.69) is 15.5 Å². The van der Waals surface area contributed by atoms with Crippen LogP contribution in [0.3, 0.4) is 0 Å². The number of amides is 1. The lowest BCUT2D eigenvalue weighted by Gasteiger charge is -2.07. The monoisotopic (exact) mass is 417 g/mol. The molecule has 0 fully saturated rings. The van der Waals surface area contributed by atoms with Crippen LogP contribution in [-0.2, 0) is 17.9 Å². The fraction of sp³-hybridized carbons (Fsp3) is 0.250. The van der Waals surface area contributed by atoms with Crippen LogP contribution in [0.2, 0.25) is 10.0 Å². The van der Waals surface area contributed by atoms with Crippen LogP contribution in [0.5, 0.6) is 0 Å². The number of carbonyl (C=O) groups is 1. The molecule has 0 saturated carbocycles. The van der Waals surface area contributed by atoms with Gasteiger partial charge >= 0.3 is 0 Å². The lowest BCUT2D eigenvalue weighted by atomic mass is 10.2. The zero-order valence-electron chi connectivity index (χ0n) is 15.9. The predicted molar refractivity (Wildman–Crippen MR) is 113 cm³/mol. The highest BCUT2D eigenvalue weighted by atomic mass is 35.5. The van der Waals surface area contributed by atoms with Crippen LogP contribution >= 0.6 is 23.2 Å². The topological polar surface area (TPSA) is 64.7 Å². The Hall–Kier alpha value is -2.57. The van der Waals surface area contributed by atoms with Gasteiger partial charge in [0.2, 0.25) is 5.91 Å². The van der Waals surface area contributed by atoms with Gasteiger partial charge in [-0.25, -0.2) is 0 Å². The van der Waals surface area contributed by atoms with Gasteiger partial charge in [0, 0.05) is 24.4 Å². The standard InChI is InChI=1S/C20H21Cl2N5O/c1-4-26-11-16(10-23-26)6-8-19(28)24-20-13(2)25-27(14(20)3)12-15-5-7-17(21)18(22)9-15/h5-11H,4,12H2,1-3H3,(H,24,28). The highest BCUT2D eigenvalue weighted by molar-refractivity contribution is 6.42. The van der Waals surface area contributed by atoms with Crippen LogP contribution in [0.1, 0.15) is 29.4 Å². The number of aromatic nitrogens is 4. The molecule has 0 aliphatic carbocycles. The highest BCUT2D eigenvalue weighted by Crippen LogP contribution is 2.25. The summed E-state index contributed by atoms with van der Waals surface area (Å²) in [5.74, 6) is -0.218. The number of hydrogen-bond donors (Lipinski definition) is 1. The summed E-state index contributed by atoms with van der Waals surface area (Å²) in [5, 5.41) is 12.6. The zero-order valence-corrected chi connectivity index (χ0v) is 17.4. The van der Waals surface area contributed by atoms with E-state index in [0.717, 1.165) is 29.1 Å². The van der Waals surface area contributed by atoms with Gasteiger partial charge in [0.15, 0.2) is 0 Å². The molecule has 1 N–H and O–H groups in total. The second-order valence-electron chi connectivity index (χ2n) is 6.40. The summed E-state index contributed by atoms with van der Waals surface area (Å²) in [7, 11) is 0. The van der Waals surface area contributed by atoms with Gasteiger partial charge in [-0.1, -0.05) is 29.3 Å². The molecule has 0 atom stereocenters. The van der Waals surface area contributed by atoms with Crippen molar-refractivity contribution in [2.45, 2.75) is 33.9 Å². The van der Waals surface area contributed by atoms with Gasteiger partial charge in [-0.15, -0.1) is 0 Å². The fourth-order valence-corrected chi connectivity index (χ4v) is 3.14. The second-order valence-corrected chi connectivity index (χ2v) is 7.22. The number of nitrogens with one attached hydrogen (secondary N) is 1. The van der Waals surface area contributed by atoms with Crippen LogP contribution < -0.4 is 5.32 Å². The van der Waals surface area contributed by atoms with Crippen LogP contribution in [0, 0.1) is 13.8 Å². The van der Waals surface area contributed by atoms with Crippen molar-refractivity contribution in [3.63, 3.8) is 0 Å². The molecular weight excluding hydrogens is 397 g/mol. The third-order valence-electron chi connectivity index (χ3n) is 4.35. The smallest absolute Gasteiger partial charge is 0.248 e. The van der Waals surface area contributed by atoms with E-state index in [1.807, 2.05) is 43.8 Å². The Bertz CT molecular complexity index is 1040. The molecule has 0 saturated heterocycles. The molecule has 146 valence electrons. The van der Waals surface area contributed by atoms with E-state index in [4.69, 9.17) is 23.2 Å². The average Bonchev–Trinajstić information content (AvgIpc) is 3.23. The quantitative estimate of drug-likeness (QED) is 0.589. The number of benzene rings is 1. The van der Waals surface area contributed by atoms with E-state index in [1.54, 1.807) is 23.0 Å². The maximum absolute atomic E-state index is 12.3. The normalized spacial score (nSPS) is 11.3. The maximum atomic E-state index is 12.3. The van der Waals surface area contributed by atoms with E-state index in [0.29, 0.717) is 22.3 Å². The van der Waals surface area contributed by atoms with Gasteiger partial charge in [0.05, 0.1) is 39.9 Å². The number of halogens is 2. The molecule has 1 amide bonds. The van der Waals surface area contributed by atoms with Crippen molar-refractivity contribution in [1.82, 2.24) is 19.6 Å². The van der Waals surface area contributed by atoms with Crippen LogP contribution in [0.4, 0.5) is 5.69 Å². The molecule has 0 aliphatic rings. The number of carbonyl (C=O) groups excluding carboxylic acids is 1. The minimum atomic E-state index is -0.218. The molecule has 0 unspecified atom stereocenters. The van der Waals surface area contributed by atoms with Crippen molar-refractivity contribution in [2.75, 3.05) is 5.32 Å². The van der Waals surface area contributed by atoms with Crippen molar-refractivity contribution >= 4 is 40.9 Å². The summed E-state index contributed by atoms with van der Waals surface area (Å²) in [6.07, 6.45) is 6.83. The first-order chi connectivity index (χ1) is 13.4. The molecule has 2 heterocycles. The van der Waals surface area contributed by atoms with Crippen molar-refractivity contribution in [3.8, 4) is 0 Å². The molecule has 2 aromatic heterocycles. The van der Waals surface area contributed by atoms with Gasteiger partial charge in [-0.2, -0.15) is 10.2 Å². The third-order valence-corrected chi connectivity index (χ3v) is 5.09. The summed E-state index contributed by atoms with van der Waals surface area (Å²) in [6, 6.07) is 5.49. The Morgan fingerprint density at radius 2 is 2.04 bits per heavy atom. The second kappa shape index (κ2) is 8.63. The highest BCUT2D eigenvalue weighted by Gasteiger charge is 2.14. The first-order valence-electron chi connectivity index (χ1n) is 8.86. The summed E-state index contributed by atoms with van der Waals surface area (Å²) >= 11 is 12.1. The van der Waals surface area contributed by atoms with Crippen molar-refractivity contribution in [3.05, 3.63) is 69.2 Å². The van der Waals surface area contributed by atoms with Gasteiger partial charge in [-0.3, -0.25) is 14.2 Å². The first kappa shape index (κ1) is 20.2. The average molecular weight is 418 g/mol. The van der Waals surface area contributed by atoms with Crippen LogP contribution in [0.25, 0.3) is 6.08 Å². The Morgan fingerprint density at radius 3 is 2.71 bits per heavy atom. The largest absolute Gasteiger partial charge is 0.319 e. The molecule has 0 radical (unpaired) electrons. The predicted octanol–water partition coefficient (Wildman–Crippen LogP) is 4.72. The minimum absolute atomic E-state index is 0.218. The Labute approximate surface area is 173 Å². The maximum Gasteiger partial charge on any atom is 0.248 e. The molecule has 0 bridgehead atoms. The number of hydrogen-bond acceptors (Lipinski definition) is 3. The van der Waals surface area contributed by atoms with Crippen LogP contribution in [-0.4, -0.2) is 25.5 Å². The number of rotatable bonds is 6. The molecule has 3 rings (SSSR count). The van der Waals surface area contributed by atoms with Gasteiger partial charge in [-0.05, 0) is 44.5 Å². The van der Waals surface area contributed by atoms with Gasteiger partial charge < -0.3 is 5.32 Å². The van der Waals surface area contributed by atoms with Crippen molar-refractivity contribution in [2.24, 2.45) is 0 Å². The molecule has 8 heteroatoms. The number of anilines is 1. The number of nitrogens with zero attached hydrogens (tertiary/aromatic N) is 4. The number of aryl methyl sites for hydroxylation is 2. The molecule has 0 spiro atoms. The molecule has 1 aromatic carbocycles. The van der Waals surface area contributed by atoms with Gasteiger partial charge in [0.25, 0.3) is 0 Å². The van der Waals surface area contributed by atoms with E-state index < -0.39 is 0 Å². The Balaban J connectivity index is 1.72. The lowest BCUT2D eigenvalue weighted by molar-refractivity contribution is -0.111. The van der Waals surface area contributed by atoms with Gasteiger partial charge in [0.1, 0.15) is 0 Å². The summed E-state index contributed by atoms with van der Waals surface area (Å²) in [4.78, 5) is 12.3. The Kier molecular flexibility index (Phi) is 6.21. The fourth-order valence-electron chi connectivity index (χ4n) is 2.82. The Morgan fingerprint density at radius 1 is 1.25 bits per heavy atom. The summed E-state index contributed by atoms with van der Waals surface area (Å²) in [6.45, 7) is 7.11. The summed E-state index contributed by atoms with van der Waals surface area (Å²) < 4.78 is 3.64. The van der Waals surface area contributed by atoms with E-state index >= 15 is 0 Å². The van der Waals surface area contributed by atoms with Crippen molar-refractivity contribution < 1.29 is 4.79 Å². The van der Waals surface area contributed by atoms with E-state index in [9.17, 15) is 4.79 Å². The molecule has 3 aromatic rings. The van der Waals surface area contributed by atoms with E-state index in [1.165, 1.54) is 6.08 Å². The zero-order chi connectivity index (χ0) is 20.3.